The molecular weight excluding hydrogens is 599 g/mol. The van der Waals surface area contributed by atoms with Crippen molar-refractivity contribution in [3.8, 4) is 23.1 Å². The summed E-state index contributed by atoms with van der Waals surface area (Å²) >= 11 is 5.97. The number of aliphatic hydroxyl groups excluding tert-OH is 1. The molecule has 5 heterocycles. The van der Waals surface area contributed by atoms with Crippen LogP contribution < -0.4 is 20.1 Å². The highest BCUT2D eigenvalue weighted by molar-refractivity contribution is 6.32. The summed E-state index contributed by atoms with van der Waals surface area (Å²) in [5.74, 6) is -1.16. The second kappa shape index (κ2) is 9.63. The number of nitrogen functional groups attached to an aromatic ring is 1. The third-order valence-corrected chi connectivity index (χ3v) is 9.63. The minimum atomic E-state index is -4.96. The second-order valence-corrected chi connectivity index (χ2v) is 12.5. The number of hydrogen-bond acceptors (Lipinski definition) is 9. The lowest BCUT2D eigenvalue weighted by Crippen LogP contribution is -2.61. The monoisotopic (exact) mass is 626 g/mol. The lowest BCUT2D eigenvalue weighted by atomic mass is 9.73. The number of benzene rings is 1. The van der Waals surface area contributed by atoms with E-state index in [-0.39, 0.29) is 53.9 Å². The van der Waals surface area contributed by atoms with E-state index >= 15 is 4.39 Å². The lowest BCUT2D eigenvalue weighted by molar-refractivity contribution is -0.137. The Bertz CT molecular complexity index is 1640. The van der Waals surface area contributed by atoms with Gasteiger partial charge in [0.15, 0.2) is 5.82 Å². The third-order valence-electron chi connectivity index (χ3n) is 9.33. The van der Waals surface area contributed by atoms with Gasteiger partial charge in [0.2, 0.25) is 5.88 Å². The van der Waals surface area contributed by atoms with E-state index in [1.54, 1.807) is 11.9 Å². The van der Waals surface area contributed by atoms with Crippen LogP contribution in [0.3, 0.4) is 0 Å². The number of pyridine rings is 1. The Morgan fingerprint density at radius 2 is 1.98 bits per heavy atom. The molecule has 3 aromatic rings. The van der Waals surface area contributed by atoms with E-state index in [0.717, 1.165) is 25.1 Å². The van der Waals surface area contributed by atoms with Gasteiger partial charge < -0.3 is 25.2 Å². The van der Waals surface area contributed by atoms with Crippen molar-refractivity contribution in [2.24, 2.45) is 0 Å². The van der Waals surface area contributed by atoms with E-state index in [0.29, 0.717) is 25.8 Å². The number of fused-ring (bicyclic) bond motifs is 1. The molecule has 0 bridgehead atoms. The highest BCUT2D eigenvalue weighted by Gasteiger charge is 2.52. The van der Waals surface area contributed by atoms with Crippen LogP contribution in [0.4, 0.5) is 33.5 Å². The van der Waals surface area contributed by atoms with E-state index in [4.69, 9.17) is 26.8 Å². The zero-order valence-electron chi connectivity index (χ0n) is 23.0. The molecule has 7 rings (SSSR count). The SMILES string of the molecule is CN1c2nc(OC[C@@]34CCCN3C[C@H](F)C4)nc3c(F)c(-c4cc(N)cc(Cl)c4C(F)(F)F)nc(c23)OCC12CC(O)C2. The first-order chi connectivity index (χ1) is 20.3. The van der Waals surface area contributed by atoms with E-state index in [1.807, 2.05) is 4.90 Å². The average Bonchev–Trinajstić information content (AvgIpc) is 3.40. The fourth-order valence-corrected chi connectivity index (χ4v) is 7.51. The first-order valence-corrected chi connectivity index (χ1v) is 14.3. The summed E-state index contributed by atoms with van der Waals surface area (Å²) in [6.45, 7) is 1.09. The maximum absolute atomic E-state index is 16.5. The smallest absolute Gasteiger partial charge is 0.418 e. The van der Waals surface area contributed by atoms with E-state index < -0.39 is 57.2 Å². The first-order valence-electron chi connectivity index (χ1n) is 13.9. The van der Waals surface area contributed by atoms with E-state index in [9.17, 15) is 22.7 Å². The first kappa shape index (κ1) is 28.5. The van der Waals surface area contributed by atoms with Gasteiger partial charge in [0.25, 0.3) is 0 Å². The van der Waals surface area contributed by atoms with Crippen LogP contribution in [0.25, 0.3) is 22.2 Å². The Hall–Kier alpha value is -3.23. The van der Waals surface area contributed by atoms with Crippen molar-refractivity contribution in [1.82, 2.24) is 19.9 Å². The molecule has 15 heteroatoms. The fourth-order valence-electron chi connectivity index (χ4n) is 7.18. The van der Waals surface area contributed by atoms with Gasteiger partial charge >= 0.3 is 12.2 Å². The van der Waals surface area contributed by atoms with Gasteiger partial charge in [-0.25, -0.2) is 13.8 Å². The molecule has 4 aliphatic rings. The van der Waals surface area contributed by atoms with Crippen molar-refractivity contribution in [3.05, 3.63) is 28.5 Å². The average molecular weight is 627 g/mol. The standard InChI is InChI=1S/C28H28ClF5N6O3/c1-39-23-18-22(37-25(38-23)43-11-26-3-2-4-40(26)10-13(30)7-26)20(31)21(36-24(18)42-12-27(39)8-15(41)9-27)16-5-14(35)6-17(29)19(16)28(32,33)34/h5-6,13,15,41H,2-4,7-12,35H2,1H3/t13-,15?,26+,27?/m1/s1. The number of nitrogens with zero attached hydrogens (tertiary/aromatic N) is 5. The van der Waals surface area contributed by atoms with E-state index in [1.165, 1.54) is 0 Å². The quantitative estimate of drug-likeness (QED) is 0.313. The van der Waals surface area contributed by atoms with Gasteiger partial charge in [0, 0.05) is 44.1 Å². The van der Waals surface area contributed by atoms with Crippen molar-refractivity contribution < 1.29 is 36.5 Å². The molecule has 2 atom stereocenters. The molecule has 3 N–H and O–H groups in total. The zero-order valence-corrected chi connectivity index (χ0v) is 23.8. The van der Waals surface area contributed by atoms with Crippen molar-refractivity contribution in [2.75, 3.05) is 44.0 Å². The summed E-state index contributed by atoms with van der Waals surface area (Å²) in [6, 6.07) is 1.66. The van der Waals surface area contributed by atoms with Crippen LogP contribution in [0.5, 0.6) is 11.9 Å². The van der Waals surface area contributed by atoms with Crippen LogP contribution in [-0.2, 0) is 6.18 Å². The lowest BCUT2D eigenvalue weighted by Gasteiger charge is -2.50. The van der Waals surface area contributed by atoms with Gasteiger partial charge in [-0.1, -0.05) is 11.6 Å². The van der Waals surface area contributed by atoms with Crippen LogP contribution in [0, 0.1) is 5.82 Å². The molecule has 9 nitrogen and oxygen atoms in total. The number of anilines is 2. The molecule has 0 radical (unpaired) electrons. The Morgan fingerprint density at radius 3 is 2.70 bits per heavy atom. The van der Waals surface area contributed by atoms with Gasteiger partial charge in [-0.2, -0.15) is 23.1 Å². The minimum absolute atomic E-state index is 0.0000547. The maximum atomic E-state index is 16.5. The molecule has 2 saturated heterocycles. The Balaban J connectivity index is 1.41. The van der Waals surface area contributed by atoms with Crippen molar-refractivity contribution in [2.45, 2.75) is 61.6 Å². The Morgan fingerprint density at radius 1 is 1.21 bits per heavy atom. The van der Waals surface area contributed by atoms with Crippen LogP contribution in [-0.4, -0.2) is 81.7 Å². The van der Waals surface area contributed by atoms with Gasteiger partial charge in [-0.15, -0.1) is 0 Å². The zero-order chi connectivity index (χ0) is 30.5. The molecule has 1 saturated carbocycles. The molecule has 2 aromatic heterocycles. The Kier molecular flexibility index (Phi) is 6.39. The van der Waals surface area contributed by atoms with Crippen LogP contribution >= 0.6 is 11.6 Å². The number of aromatic nitrogens is 3. The van der Waals surface area contributed by atoms with Crippen LogP contribution in [0.15, 0.2) is 12.1 Å². The second-order valence-electron chi connectivity index (χ2n) is 12.1. The molecule has 0 amide bonds. The number of halogens is 6. The van der Waals surface area contributed by atoms with Gasteiger partial charge in [-0.05, 0) is 31.5 Å². The number of rotatable bonds is 4. The van der Waals surface area contributed by atoms with Crippen LogP contribution in [0.2, 0.25) is 5.02 Å². The minimum Gasteiger partial charge on any atom is -0.475 e. The maximum Gasteiger partial charge on any atom is 0.418 e. The topological polar surface area (TPSA) is 110 Å². The van der Waals surface area contributed by atoms with Gasteiger partial charge in [0.05, 0.1) is 27.8 Å². The summed E-state index contributed by atoms with van der Waals surface area (Å²) in [5.41, 5.74) is 1.36. The number of ether oxygens (including phenoxy) is 2. The molecule has 1 spiro atoms. The van der Waals surface area contributed by atoms with Crippen LogP contribution in [0.1, 0.15) is 37.7 Å². The largest absolute Gasteiger partial charge is 0.475 e. The Labute approximate surface area is 247 Å². The number of likely N-dealkylation sites (N-methyl/N-ethyl adjacent to an activating group) is 1. The molecule has 1 aliphatic carbocycles. The highest BCUT2D eigenvalue weighted by atomic mass is 35.5. The molecular formula is C28H28ClF5N6O3. The molecule has 1 aromatic carbocycles. The summed E-state index contributed by atoms with van der Waals surface area (Å²) in [5, 5.41) is 9.50. The third kappa shape index (κ3) is 4.43. The van der Waals surface area contributed by atoms with Gasteiger partial charge in [0.1, 0.15) is 41.8 Å². The number of aliphatic hydroxyl groups is 1. The molecule has 3 aliphatic heterocycles. The summed E-state index contributed by atoms with van der Waals surface area (Å²) in [7, 11) is 1.71. The normalized spacial score (nSPS) is 28.6. The van der Waals surface area contributed by atoms with Crippen molar-refractivity contribution in [1.29, 1.82) is 0 Å². The van der Waals surface area contributed by atoms with Crippen molar-refractivity contribution >= 4 is 34.0 Å². The number of alkyl halides is 4. The number of nitrogens with two attached hydrogens (primary N) is 1. The molecule has 0 unspecified atom stereocenters. The van der Waals surface area contributed by atoms with Crippen molar-refractivity contribution in [3.63, 3.8) is 0 Å². The predicted molar refractivity (Wildman–Crippen MR) is 148 cm³/mol. The molecule has 43 heavy (non-hydrogen) atoms. The summed E-state index contributed by atoms with van der Waals surface area (Å²) in [4.78, 5) is 16.9. The molecule has 3 fully saturated rings. The molecule has 230 valence electrons. The summed E-state index contributed by atoms with van der Waals surface area (Å²) in [6.07, 6.45) is -4.06. The van der Waals surface area contributed by atoms with Gasteiger partial charge in [-0.3, -0.25) is 4.90 Å². The van der Waals surface area contributed by atoms with E-state index in [2.05, 4.69) is 15.0 Å². The highest BCUT2D eigenvalue weighted by Crippen LogP contribution is 2.49. The predicted octanol–water partition coefficient (Wildman–Crippen LogP) is 4.76. The summed E-state index contributed by atoms with van der Waals surface area (Å²) < 4.78 is 85.4. The fraction of sp³-hybridized carbons (Fsp3) is 0.536. The number of hydrogen-bond donors (Lipinski definition) is 2.